The number of anilines is 1. The van der Waals surface area contributed by atoms with Gasteiger partial charge in [0.1, 0.15) is 0 Å². The maximum absolute atomic E-state index is 10.6. The fraction of sp³-hybridized carbons (Fsp3) is 0.438. The smallest absolute Gasteiger partial charge is 0.229 e. The summed E-state index contributed by atoms with van der Waals surface area (Å²) >= 11 is 0. The van der Waals surface area contributed by atoms with E-state index < -0.39 is 0 Å². The minimum Gasteiger partial charge on any atom is -0.378 e. The molecule has 1 unspecified atom stereocenters. The molecular weight excluding hydrogens is 282 g/mol. The molecule has 1 fully saturated rings. The van der Waals surface area contributed by atoms with Crippen molar-refractivity contribution in [2.24, 2.45) is 0 Å². The van der Waals surface area contributed by atoms with Gasteiger partial charge >= 0.3 is 0 Å². The fourth-order valence-electron chi connectivity index (χ4n) is 2.60. The zero-order chi connectivity index (χ0) is 15.4. The van der Waals surface area contributed by atoms with E-state index in [2.05, 4.69) is 15.5 Å². The van der Waals surface area contributed by atoms with Crippen molar-refractivity contribution in [3.05, 3.63) is 29.7 Å². The van der Waals surface area contributed by atoms with Gasteiger partial charge in [0.25, 0.3) is 0 Å². The number of aromatic nitrogens is 2. The van der Waals surface area contributed by atoms with Gasteiger partial charge in [-0.3, -0.25) is 4.79 Å². The number of hydrogen-bond donors (Lipinski definition) is 1. The number of ether oxygens (including phenoxy) is 1. The van der Waals surface area contributed by atoms with E-state index in [9.17, 15) is 4.79 Å². The summed E-state index contributed by atoms with van der Waals surface area (Å²) in [5.41, 5.74) is 2.54. The Morgan fingerprint density at radius 3 is 3.09 bits per heavy atom. The van der Waals surface area contributed by atoms with Crippen molar-refractivity contribution in [3.63, 3.8) is 0 Å². The number of nitrogens with one attached hydrogen (secondary N) is 1. The molecule has 0 spiro atoms. The molecule has 1 N–H and O–H groups in total. The predicted molar refractivity (Wildman–Crippen MR) is 81.5 cm³/mol. The van der Waals surface area contributed by atoms with Crippen LogP contribution in [0.5, 0.6) is 0 Å². The van der Waals surface area contributed by atoms with Crippen molar-refractivity contribution in [1.82, 2.24) is 10.1 Å². The van der Waals surface area contributed by atoms with E-state index >= 15 is 0 Å². The number of amides is 1. The van der Waals surface area contributed by atoms with Crippen LogP contribution in [0.1, 0.15) is 30.7 Å². The lowest BCUT2D eigenvalue weighted by atomic mass is 10.1. The predicted octanol–water partition coefficient (Wildman–Crippen LogP) is 2.72. The Kier molecular flexibility index (Phi) is 4.48. The molecule has 6 heteroatoms. The molecule has 1 amide bonds. The molecule has 1 aliphatic rings. The number of carbonyl (C=O) groups excluding carboxylic acids is 1. The first kappa shape index (κ1) is 14.7. The second kappa shape index (κ2) is 6.70. The third-order valence-corrected chi connectivity index (χ3v) is 3.85. The van der Waals surface area contributed by atoms with Gasteiger partial charge in [0.2, 0.25) is 18.1 Å². The first-order valence-electron chi connectivity index (χ1n) is 7.51. The van der Waals surface area contributed by atoms with Crippen LogP contribution in [-0.2, 0) is 16.0 Å². The summed E-state index contributed by atoms with van der Waals surface area (Å²) in [5.74, 6) is 1.12. The number of nitrogens with zero attached hydrogens (tertiary/aromatic N) is 2. The Labute approximate surface area is 128 Å². The normalized spacial score (nSPS) is 18.1. The largest absolute Gasteiger partial charge is 0.378 e. The highest BCUT2D eigenvalue weighted by Gasteiger charge is 2.18. The lowest BCUT2D eigenvalue weighted by molar-refractivity contribution is -0.105. The van der Waals surface area contributed by atoms with Crippen LogP contribution in [0.4, 0.5) is 5.69 Å². The minimum absolute atomic E-state index is 0.173. The van der Waals surface area contributed by atoms with Crippen LogP contribution in [0.3, 0.4) is 0 Å². The molecule has 0 radical (unpaired) electrons. The maximum atomic E-state index is 10.6. The Bertz CT molecular complexity index is 648. The molecule has 2 aromatic rings. The van der Waals surface area contributed by atoms with Crippen molar-refractivity contribution in [3.8, 4) is 11.4 Å². The van der Waals surface area contributed by atoms with Gasteiger partial charge in [-0.15, -0.1) is 0 Å². The van der Waals surface area contributed by atoms with Crippen LogP contribution in [0.15, 0.2) is 22.7 Å². The molecule has 2 heterocycles. The molecule has 3 rings (SSSR count). The lowest BCUT2D eigenvalue weighted by Gasteiger charge is -2.20. The van der Waals surface area contributed by atoms with E-state index in [1.165, 1.54) is 6.42 Å². The third-order valence-electron chi connectivity index (χ3n) is 3.85. The van der Waals surface area contributed by atoms with Gasteiger partial charge in [-0.1, -0.05) is 17.3 Å². The molecule has 22 heavy (non-hydrogen) atoms. The summed E-state index contributed by atoms with van der Waals surface area (Å²) in [6.45, 7) is 2.74. The fourth-order valence-corrected chi connectivity index (χ4v) is 2.60. The molecule has 1 saturated heterocycles. The van der Waals surface area contributed by atoms with E-state index in [-0.39, 0.29) is 6.10 Å². The Balaban J connectivity index is 1.75. The summed E-state index contributed by atoms with van der Waals surface area (Å²) in [6.07, 6.45) is 4.83. The van der Waals surface area contributed by atoms with E-state index in [1.807, 2.05) is 25.1 Å². The molecular formula is C16H19N3O3. The molecule has 1 aliphatic heterocycles. The van der Waals surface area contributed by atoms with Crippen molar-refractivity contribution in [1.29, 1.82) is 0 Å². The van der Waals surface area contributed by atoms with Crippen LogP contribution in [-0.4, -0.2) is 29.3 Å². The van der Waals surface area contributed by atoms with E-state index in [0.29, 0.717) is 24.5 Å². The number of benzene rings is 1. The van der Waals surface area contributed by atoms with Crippen LogP contribution < -0.4 is 5.32 Å². The van der Waals surface area contributed by atoms with Crippen molar-refractivity contribution in [2.45, 2.75) is 38.7 Å². The van der Waals surface area contributed by atoms with Crippen molar-refractivity contribution in [2.75, 3.05) is 11.9 Å². The number of hydrogen-bond acceptors (Lipinski definition) is 5. The summed E-state index contributed by atoms with van der Waals surface area (Å²) in [7, 11) is 0. The maximum Gasteiger partial charge on any atom is 0.229 e. The molecule has 1 aromatic carbocycles. The first-order valence-corrected chi connectivity index (χ1v) is 7.51. The molecule has 0 aliphatic carbocycles. The highest BCUT2D eigenvalue weighted by atomic mass is 16.5. The second-order valence-electron chi connectivity index (χ2n) is 5.50. The zero-order valence-corrected chi connectivity index (χ0v) is 12.5. The standard InChI is InChI=1S/C16H19N3O3/c1-11-5-6-12(8-14(11)17-10-20)16-18-15(22-19-16)9-13-4-2-3-7-21-13/h5-6,8,10,13H,2-4,7,9H2,1H3,(H,17,20). The van der Waals surface area contributed by atoms with E-state index in [4.69, 9.17) is 9.26 Å². The average Bonchev–Trinajstić information content (AvgIpc) is 2.99. The van der Waals surface area contributed by atoms with Crippen molar-refractivity contribution >= 4 is 12.1 Å². The van der Waals surface area contributed by atoms with Gasteiger partial charge in [0.05, 0.1) is 12.5 Å². The van der Waals surface area contributed by atoms with Crippen LogP contribution in [0.2, 0.25) is 0 Å². The summed E-state index contributed by atoms with van der Waals surface area (Å²) < 4.78 is 11.0. The molecule has 6 nitrogen and oxygen atoms in total. The monoisotopic (exact) mass is 301 g/mol. The Hall–Kier alpha value is -2.21. The first-order chi connectivity index (χ1) is 10.8. The van der Waals surface area contributed by atoms with Gasteiger partial charge in [-0.25, -0.2) is 0 Å². The molecule has 0 saturated carbocycles. The van der Waals surface area contributed by atoms with Gasteiger partial charge in [-0.2, -0.15) is 4.98 Å². The number of rotatable bonds is 5. The second-order valence-corrected chi connectivity index (χ2v) is 5.50. The molecule has 1 atom stereocenters. The van der Waals surface area contributed by atoms with E-state index in [1.54, 1.807) is 0 Å². The zero-order valence-electron chi connectivity index (χ0n) is 12.5. The molecule has 116 valence electrons. The van der Waals surface area contributed by atoms with Crippen LogP contribution >= 0.6 is 0 Å². The third kappa shape index (κ3) is 3.33. The Morgan fingerprint density at radius 2 is 2.32 bits per heavy atom. The quantitative estimate of drug-likeness (QED) is 0.859. The highest BCUT2D eigenvalue weighted by Crippen LogP contribution is 2.24. The van der Waals surface area contributed by atoms with Gasteiger partial charge < -0.3 is 14.6 Å². The minimum atomic E-state index is 0.173. The number of aryl methyl sites for hydroxylation is 1. The van der Waals surface area contributed by atoms with Gasteiger partial charge in [0.15, 0.2) is 0 Å². The van der Waals surface area contributed by atoms with Crippen molar-refractivity contribution < 1.29 is 14.1 Å². The van der Waals surface area contributed by atoms with Crippen LogP contribution in [0.25, 0.3) is 11.4 Å². The summed E-state index contributed by atoms with van der Waals surface area (Å²) in [5, 5.41) is 6.70. The number of carbonyl (C=O) groups is 1. The SMILES string of the molecule is Cc1ccc(-c2noc(CC3CCCCO3)n2)cc1NC=O. The van der Waals surface area contributed by atoms with Gasteiger partial charge in [0, 0.05) is 17.9 Å². The van der Waals surface area contributed by atoms with E-state index in [0.717, 1.165) is 36.3 Å². The van der Waals surface area contributed by atoms with Gasteiger partial charge in [-0.05, 0) is 37.8 Å². The highest BCUT2D eigenvalue weighted by molar-refractivity contribution is 5.76. The van der Waals surface area contributed by atoms with Crippen LogP contribution in [0, 0.1) is 6.92 Å². The molecule has 1 aromatic heterocycles. The molecule has 0 bridgehead atoms. The summed E-state index contributed by atoms with van der Waals surface area (Å²) in [4.78, 5) is 15.1. The average molecular weight is 301 g/mol. The topological polar surface area (TPSA) is 77.2 Å². The Morgan fingerprint density at radius 1 is 1.41 bits per heavy atom. The summed E-state index contributed by atoms with van der Waals surface area (Å²) in [6, 6.07) is 5.67. The lowest BCUT2D eigenvalue weighted by Crippen LogP contribution is -2.21.